The number of aromatic nitrogens is 1. The minimum absolute atomic E-state index is 0.0504. The van der Waals surface area contributed by atoms with E-state index in [1.807, 2.05) is 60.7 Å². The number of para-hydroxylation sites is 2. The molecule has 0 radical (unpaired) electrons. The standard InChI is InChI=1S/C31H24N2O2S/c1-34-24-16-17-26-22(18-24)19-25(31(33-26)35-23-12-6-3-7-13-23)30-20-28(21-10-4-2-5-11-21)32-27-14-8-9-15-29(27)36-30/h2-19,30H,20H2,1H3. The molecule has 1 atom stereocenters. The highest BCUT2D eigenvalue weighted by atomic mass is 32.2. The minimum atomic E-state index is 0.0504. The van der Waals surface area contributed by atoms with Crippen LogP contribution in [0.4, 0.5) is 5.69 Å². The number of rotatable bonds is 5. The molecule has 0 amide bonds. The van der Waals surface area contributed by atoms with E-state index in [2.05, 4.69) is 48.5 Å². The molecule has 1 unspecified atom stereocenters. The molecule has 0 saturated heterocycles. The quantitative estimate of drug-likeness (QED) is 0.249. The van der Waals surface area contributed by atoms with Crippen LogP contribution in [0.1, 0.15) is 22.8 Å². The predicted molar refractivity (Wildman–Crippen MR) is 147 cm³/mol. The van der Waals surface area contributed by atoms with E-state index < -0.39 is 0 Å². The normalized spacial score (nSPS) is 15.0. The van der Waals surface area contributed by atoms with Gasteiger partial charge in [0.15, 0.2) is 0 Å². The molecule has 1 aromatic heterocycles. The van der Waals surface area contributed by atoms with Crippen molar-refractivity contribution in [1.82, 2.24) is 4.98 Å². The number of pyridine rings is 1. The van der Waals surface area contributed by atoms with Gasteiger partial charge >= 0.3 is 0 Å². The monoisotopic (exact) mass is 488 g/mol. The van der Waals surface area contributed by atoms with Gasteiger partial charge in [-0.25, -0.2) is 4.98 Å². The van der Waals surface area contributed by atoms with Crippen LogP contribution in [-0.4, -0.2) is 17.8 Å². The maximum absolute atomic E-state index is 6.40. The molecule has 0 saturated carbocycles. The fraction of sp³-hybridized carbons (Fsp3) is 0.0968. The van der Waals surface area contributed by atoms with Gasteiger partial charge in [-0.3, -0.25) is 4.99 Å². The molecule has 1 aliphatic rings. The summed E-state index contributed by atoms with van der Waals surface area (Å²) in [6.07, 6.45) is 0.742. The number of methoxy groups -OCH3 is 1. The lowest BCUT2D eigenvalue weighted by Gasteiger charge is -2.20. The highest BCUT2D eigenvalue weighted by Crippen LogP contribution is 2.48. The molecule has 0 bridgehead atoms. The Labute approximate surface area is 214 Å². The maximum atomic E-state index is 6.40. The number of aliphatic imine (C=N–C) groups is 1. The van der Waals surface area contributed by atoms with E-state index in [4.69, 9.17) is 19.5 Å². The lowest BCUT2D eigenvalue weighted by molar-refractivity contribution is 0.415. The van der Waals surface area contributed by atoms with Crippen LogP contribution in [0.25, 0.3) is 10.9 Å². The number of nitrogens with zero attached hydrogens (tertiary/aromatic N) is 2. The average molecular weight is 489 g/mol. The van der Waals surface area contributed by atoms with Gasteiger partial charge in [0, 0.05) is 33.2 Å². The topological polar surface area (TPSA) is 43.7 Å². The largest absolute Gasteiger partial charge is 0.497 e. The second-order valence-corrected chi connectivity index (χ2v) is 9.80. The first-order chi connectivity index (χ1) is 17.8. The van der Waals surface area contributed by atoms with E-state index in [1.54, 1.807) is 18.9 Å². The summed E-state index contributed by atoms with van der Waals surface area (Å²) < 4.78 is 11.9. The van der Waals surface area contributed by atoms with Crippen molar-refractivity contribution in [3.05, 3.63) is 120 Å². The number of thioether (sulfide) groups is 1. The molecule has 0 aliphatic carbocycles. The van der Waals surface area contributed by atoms with Crippen LogP contribution in [0.3, 0.4) is 0 Å². The summed E-state index contributed by atoms with van der Waals surface area (Å²) in [5.74, 6) is 2.18. The summed E-state index contributed by atoms with van der Waals surface area (Å²) in [5.41, 5.74) is 5.06. The molecule has 6 rings (SSSR count). The zero-order valence-corrected chi connectivity index (χ0v) is 20.6. The van der Waals surface area contributed by atoms with E-state index in [1.165, 1.54) is 0 Å². The highest BCUT2D eigenvalue weighted by molar-refractivity contribution is 7.99. The summed E-state index contributed by atoms with van der Waals surface area (Å²) in [7, 11) is 1.68. The third-order valence-corrected chi connectivity index (χ3v) is 7.50. The lowest BCUT2D eigenvalue weighted by Crippen LogP contribution is -2.07. The third-order valence-electron chi connectivity index (χ3n) is 6.19. The minimum Gasteiger partial charge on any atom is -0.497 e. The summed E-state index contributed by atoms with van der Waals surface area (Å²) >= 11 is 1.81. The maximum Gasteiger partial charge on any atom is 0.224 e. The van der Waals surface area contributed by atoms with Crippen LogP contribution in [0.5, 0.6) is 17.4 Å². The first kappa shape index (κ1) is 22.4. The molecule has 2 heterocycles. The summed E-state index contributed by atoms with van der Waals surface area (Å²) in [4.78, 5) is 11.2. The number of hydrogen-bond donors (Lipinski definition) is 0. The fourth-order valence-corrected chi connectivity index (χ4v) is 5.63. The Bertz CT molecular complexity index is 1550. The number of fused-ring (bicyclic) bond motifs is 2. The molecule has 1 aliphatic heterocycles. The summed E-state index contributed by atoms with van der Waals surface area (Å²) in [6, 6.07) is 36.7. The van der Waals surface area contributed by atoms with Gasteiger partial charge in [0.05, 0.1) is 18.3 Å². The molecule has 5 aromatic rings. The van der Waals surface area contributed by atoms with Crippen LogP contribution in [0, 0.1) is 0 Å². The van der Waals surface area contributed by atoms with Gasteiger partial charge in [0.2, 0.25) is 5.88 Å². The zero-order chi connectivity index (χ0) is 24.3. The van der Waals surface area contributed by atoms with Crippen molar-refractivity contribution >= 4 is 34.1 Å². The molecule has 0 fully saturated rings. The van der Waals surface area contributed by atoms with Crippen LogP contribution in [-0.2, 0) is 0 Å². The number of hydrogen-bond acceptors (Lipinski definition) is 5. The van der Waals surface area contributed by atoms with E-state index in [-0.39, 0.29) is 5.25 Å². The SMILES string of the molecule is COc1ccc2nc(Oc3ccccc3)c(C3CC(c4ccccc4)=Nc4ccccc4S3)cc2c1. The summed E-state index contributed by atoms with van der Waals surface area (Å²) in [6.45, 7) is 0. The second-order valence-electron chi connectivity index (χ2n) is 8.56. The number of benzene rings is 4. The Hall–Kier alpha value is -4.09. The first-order valence-corrected chi connectivity index (χ1v) is 12.7. The van der Waals surface area contributed by atoms with Gasteiger partial charge in [-0.1, -0.05) is 60.7 Å². The van der Waals surface area contributed by atoms with E-state index in [0.29, 0.717) is 5.88 Å². The predicted octanol–water partition coefficient (Wildman–Crippen LogP) is 8.39. The molecule has 4 aromatic carbocycles. The average Bonchev–Trinajstić information content (AvgIpc) is 3.13. The van der Waals surface area contributed by atoms with E-state index >= 15 is 0 Å². The molecule has 0 N–H and O–H groups in total. The Morgan fingerprint density at radius 2 is 1.53 bits per heavy atom. The fourth-order valence-electron chi connectivity index (χ4n) is 4.39. The first-order valence-electron chi connectivity index (χ1n) is 11.9. The van der Waals surface area contributed by atoms with Crippen LogP contribution >= 0.6 is 11.8 Å². The van der Waals surface area contributed by atoms with Crippen molar-refractivity contribution in [2.75, 3.05) is 7.11 Å². The van der Waals surface area contributed by atoms with Crippen molar-refractivity contribution in [1.29, 1.82) is 0 Å². The van der Waals surface area contributed by atoms with Crippen LogP contribution in [0.15, 0.2) is 119 Å². The second kappa shape index (κ2) is 9.88. The highest BCUT2D eigenvalue weighted by Gasteiger charge is 2.26. The van der Waals surface area contributed by atoms with Gasteiger partial charge in [0.1, 0.15) is 11.5 Å². The van der Waals surface area contributed by atoms with E-state index in [9.17, 15) is 0 Å². The summed E-state index contributed by atoms with van der Waals surface area (Å²) in [5, 5.41) is 1.07. The van der Waals surface area contributed by atoms with Gasteiger partial charge in [-0.05, 0) is 54.1 Å². The lowest BCUT2D eigenvalue weighted by atomic mass is 10.0. The molecule has 176 valence electrons. The van der Waals surface area contributed by atoms with Crippen molar-refractivity contribution in [3.8, 4) is 17.4 Å². The van der Waals surface area contributed by atoms with Crippen molar-refractivity contribution in [2.24, 2.45) is 4.99 Å². The molecule has 0 spiro atoms. The zero-order valence-electron chi connectivity index (χ0n) is 19.8. The molecular formula is C31H24N2O2S. The van der Waals surface area contributed by atoms with Gasteiger partial charge in [0.25, 0.3) is 0 Å². The Morgan fingerprint density at radius 1 is 0.778 bits per heavy atom. The van der Waals surface area contributed by atoms with Crippen molar-refractivity contribution in [2.45, 2.75) is 16.6 Å². The van der Waals surface area contributed by atoms with Crippen LogP contribution < -0.4 is 9.47 Å². The van der Waals surface area contributed by atoms with Crippen LogP contribution in [0.2, 0.25) is 0 Å². The Balaban J connectivity index is 1.51. The molecule has 36 heavy (non-hydrogen) atoms. The van der Waals surface area contributed by atoms with Crippen molar-refractivity contribution in [3.63, 3.8) is 0 Å². The molecular weight excluding hydrogens is 464 g/mol. The van der Waals surface area contributed by atoms with Crippen molar-refractivity contribution < 1.29 is 9.47 Å². The van der Waals surface area contributed by atoms with Gasteiger partial charge < -0.3 is 9.47 Å². The Kier molecular flexibility index (Phi) is 6.14. The third kappa shape index (κ3) is 4.58. The molecule has 4 nitrogen and oxygen atoms in total. The Morgan fingerprint density at radius 3 is 2.33 bits per heavy atom. The van der Waals surface area contributed by atoms with Gasteiger partial charge in [-0.2, -0.15) is 0 Å². The molecule has 5 heteroatoms. The smallest absolute Gasteiger partial charge is 0.224 e. The van der Waals surface area contributed by atoms with E-state index in [0.717, 1.165) is 56.2 Å². The van der Waals surface area contributed by atoms with Gasteiger partial charge in [-0.15, -0.1) is 11.8 Å². The number of ether oxygens (including phenoxy) is 2.